The molecule has 2 heterocycles. The molecule has 0 unspecified atom stereocenters. The Morgan fingerprint density at radius 1 is 1.23 bits per heavy atom. The standard InChI is InChI=1S/C16H16BrClN4O4/c1-20-13-12(14(24)21(2)16(20)25)22(15(17)19-13)7-10(23)8-26-11-5-3-9(18)4-6-11/h3-6,10,23H,7-8H2,1-2H3/t10-/m1/s1. The van der Waals surface area contributed by atoms with Gasteiger partial charge in [0.15, 0.2) is 15.9 Å². The number of halogens is 2. The van der Waals surface area contributed by atoms with Gasteiger partial charge in [0.05, 0.1) is 6.54 Å². The highest BCUT2D eigenvalue weighted by atomic mass is 79.9. The molecule has 1 aromatic carbocycles. The Kier molecular flexibility index (Phi) is 5.22. The van der Waals surface area contributed by atoms with Crippen LogP contribution in [0.3, 0.4) is 0 Å². The Morgan fingerprint density at radius 3 is 2.54 bits per heavy atom. The third-order valence-corrected chi connectivity index (χ3v) is 4.81. The Balaban J connectivity index is 1.86. The fourth-order valence-electron chi connectivity index (χ4n) is 2.57. The summed E-state index contributed by atoms with van der Waals surface area (Å²) in [4.78, 5) is 28.7. The molecular weight excluding hydrogens is 428 g/mol. The van der Waals surface area contributed by atoms with Crippen LogP contribution in [0.1, 0.15) is 0 Å². The lowest BCUT2D eigenvalue weighted by Gasteiger charge is -2.14. The fraction of sp³-hybridized carbons (Fsp3) is 0.312. The minimum absolute atomic E-state index is 0.0137. The number of imidazole rings is 1. The Labute approximate surface area is 161 Å². The third kappa shape index (κ3) is 3.42. The second-order valence-electron chi connectivity index (χ2n) is 5.79. The maximum Gasteiger partial charge on any atom is 0.332 e. The molecule has 0 amide bonds. The van der Waals surface area contributed by atoms with Gasteiger partial charge in [-0.25, -0.2) is 9.78 Å². The number of aliphatic hydroxyl groups is 1. The molecule has 0 radical (unpaired) electrons. The van der Waals surface area contributed by atoms with Gasteiger partial charge in [0, 0.05) is 19.1 Å². The van der Waals surface area contributed by atoms with Crippen molar-refractivity contribution in [2.45, 2.75) is 12.6 Å². The van der Waals surface area contributed by atoms with Gasteiger partial charge in [-0.1, -0.05) is 11.6 Å². The van der Waals surface area contributed by atoms with Gasteiger partial charge >= 0.3 is 5.69 Å². The molecule has 3 rings (SSSR count). The zero-order valence-electron chi connectivity index (χ0n) is 14.0. The van der Waals surface area contributed by atoms with Crippen LogP contribution in [0, 0.1) is 0 Å². The lowest BCUT2D eigenvalue weighted by Crippen LogP contribution is -2.38. The average Bonchev–Trinajstić information content (AvgIpc) is 2.94. The molecule has 3 aromatic rings. The van der Waals surface area contributed by atoms with Gasteiger partial charge in [0.25, 0.3) is 5.56 Å². The summed E-state index contributed by atoms with van der Waals surface area (Å²) in [7, 11) is 2.93. The van der Waals surface area contributed by atoms with Gasteiger partial charge in [-0.2, -0.15) is 0 Å². The molecule has 0 saturated heterocycles. The number of aromatic nitrogens is 4. The van der Waals surface area contributed by atoms with Crippen LogP contribution in [0.2, 0.25) is 5.02 Å². The van der Waals surface area contributed by atoms with Crippen molar-refractivity contribution in [2.75, 3.05) is 6.61 Å². The minimum atomic E-state index is -0.902. The summed E-state index contributed by atoms with van der Waals surface area (Å²) < 4.78 is 9.68. The summed E-state index contributed by atoms with van der Waals surface area (Å²) in [6.45, 7) is 0.0813. The quantitative estimate of drug-likeness (QED) is 0.600. The Morgan fingerprint density at radius 2 is 1.88 bits per heavy atom. The van der Waals surface area contributed by atoms with Crippen LogP contribution in [0.25, 0.3) is 11.2 Å². The van der Waals surface area contributed by atoms with Crippen LogP contribution >= 0.6 is 27.5 Å². The largest absolute Gasteiger partial charge is 0.491 e. The van der Waals surface area contributed by atoms with Crippen LogP contribution in [0.4, 0.5) is 0 Å². The highest BCUT2D eigenvalue weighted by Crippen LogP contribution is 2.18. The van der Waals surface area contributed by atoms with Crippen molar-refractivity contribution in [2.24, 2.45) is 14.1 Å². The van der Waals surface area contributed by atoms with Crippen molar-refractivity contribution in [3.63, 3.8) is 0 Å². The van der Waals surface area contributed by atoms with Crippen LogP contribution in [-0.4, -0.2) is 36.5 Å². The van der Waals surface area contributed by atoms with E-state index in [0.717, 1.165) is 4.57 Å². The topological polar surface area (TPSA) is 91.3 Å². The number of hydrogen-bond acceptors (Lipinski definition) is 5. The summed E-state index contributed by atoms with van der Waals surface area (Å²) in [5.74, 6) is 0.571. The van der Waals surface area contributed by atoms with E-state index in [-0.39, 0.29) is 24.3 Å². The second kappa shape index (κ2) is 7.26. The third-order valence-electron chi connectivity index (χ3n) is 3.95. The first-order valence-corrected chi connectivity index (χ1v) is 8.85. The van der Waals surface area contributed by atoms with E-state index >= 15 is 0 Å². The van der Waals surface area contributed by atoms with E-state index in [1.165, 1.54) is 23.2 Å². The number of aryl methyl sites for hydroxylation is 1. The molecule has 0 aliphatic rings. The van der Waals surface area contributed by atoms with Gasteiger partial charge in [0.2, 0.25) is 0 Å². The van der Waals surface area contributed by atoms with E-state index < -0.39 is 17.4 Å². The molecule has 1 atom stereocenters. The summed E-state index contributed by atoms with van der Waals surface area (Å²) in [6.07, 6.45) is -0.902. The lowest BCUT2D eigenvalue weighted by atomic mass is 10.3. The molecule has 0 fully saturated rings. The first-order chi connectivity index (χ1) is 12.3. The van der Waals surface area contributed by atoms with Gasteiger partial charge in [-0.15, -0.1) is 0 Å². The molecule has 1 N–H and O–H groups in total. The molecular formula is C16H16BrClN4O4. The molecule has 0 aliphatic heterocycles. The van der Waals surface area contributed by atoms with Crippen molar-refractivity contribution < 1.29 is 9.84 Å². The maximum absolute atomic E-state index is 12.5. The lowest BCUT2D eigenvalue weighted by molar-refractivity contribution is 0.0928. The van der Waals surface area contributed by atoms with Gasteiger partial charge in [-0.3, -0.25) is 13.9 Å². The number of benzene rings is 1. The molecule has 10 heteroatoms. The number of ether oxygens (including phenoxy) is 1. The monoisotopic (exact) mass is 442 g/mol. The number of hydrogen-bond donors (Lipinski definition) is 1. The van der Waals surface area contributed by atoms with Crippen molar-refractivity contribution in [1.82, 2.24) is 18.7 Å². The molecule has 2 aromatic heterocycles. The fourth-order valence-corrected chi connectivity index (χ4v) is 3.19. The number of nitrogens with zero attached hydrogens (tertiary/aromatic N) is 4. The SMILES string of the molecule is Cn1c(=O)c2c(nc(Br)n2C[C@@H](O)COc2ccc(Cl)cc2)n(C)c1=O. The van der Waals surface area contributed by atoms with Crippen molar-refractivity contribution in [3.8, 4) is 5.75 Å². The van der Waals surface area contributed by atoms with Crippen LogP contribution in [0.15, 0.2) is 38.6 Å². The summed E-state index contributed by atoms with van der Waals surface area (Å²) in [5, 5.41) is 10.9. The van der Waals surface area contributed by atoms with Crippen molar-refractivity contribution in [1.29, 1.82) is 0 Å². The van der Waals surface area contributed by atoms with Crippen molar-refractivity contribution >= 4 is 38.7 Å². The molecule has 26 heavy (non-hydrogen) atoms. The van der Waals surface area contributed by atoms with Gasteiger partial charge in [-0.05, 0) is 40.2 Å². The number of aliphatic hydroxyl groups excluding tert-OH is 1. The first kappa shape index (κ1) is 18.7. The summed E-state index contributed by atoms with van der Waals surface area (Å²) in [5.41, 5.74) is -0.471. The average molecular weight is 444 g/mol. The van der Waals surface area contributed by atoms with Gasteiger partial charge < -0.3 is 14.4 Å². The zero-order chi connectivity index (χ0) is 19.0. The zero-order valence-corrected chi connectivity index (χ0v) is 16.4. The van der Waals surface area contributed by atoms with Crippen LogP contribution in [-0.2, 0) is 20.6 Å². The molecule has 0 saturated carbocycles. The van der Waals surface area contributed by atoms with E-state index in [0.29, 0.717) is 15.5 Å². The maximum atomic E-state index is 12.5. The smallest absolute Gasteiger partial charge is 0.332 e. The predicted molar refractivity (Wildman–Crippen MR) is 101 cm³/mol. The van der Waals surface area contributed by atoms with Crippen molar-refractivity contribution in [3.05, 3.63) is 54.9 Å². The highest BCUT2D eigenvalue weighted by Gasteiger charge is 2.20. The Hall–Kier alpha value is -2.10. The molecule has 0 spiro atoms. The van der Waals surface area contributed by atoms with Crippen LogP contribution in [0.5, 0.6) is 5.75 Å². The molecule has 8 nitrogen and oxygen atoms in total. The molecule has 0 bridgehead atoms. The minimum Gasteiger partial charge on any atom is -0.491 e. The second-order valence-corrected chi connectivity index (χ2v) is 6.93. The Bertz CT molecular complexity index is 1070. The van der Waals surface area contributed by atoms with E-state index in [4.69, 9.17) is 16.3 Å². The molecule has 0 aliphatic carbocycles. The normalized spacial score (nSPS) is 12.5. The van der Waals surface area contributed by atoms with Gasteiger partial charge in [0.1, 0.15) is 18.5 Å². The van der Waals surface area contributed by atoms with Crippen LogP contribution < -0.4 is 16.0 Å². The van der Waals surface area contributed by atoms with E-state index in [2.05, 4.69) is 20.9 Å². The number of rotatable bonds is 5. The summed E-state index contributed by atoms with van der Waals surface area (Å²) in [6, 6.07) is 6.77. The highest BCUT2D eigenvalue weighted by molar-refractivity contribution is 9.10. The summed E-state index contributed by atoms with van der Waals surface area (Å²) >= 11 is 9.10. The first-order valence-electron chi connectivity index (χ1n) is 7.67. The van der Waals surface area contributed by atoms with E-state index in [1.54, 1.807) is 24.3 Å². The van der Waals surface area contributed by atoms with E-state index in [9.17, 15) is 14.7 Å². The molecule has 138 valence electrons. The van der Waals surface area contributed by atoms with E-state index in [1.807, 2.05) is 0 Å². The predicted octanol–water partition coefficient (Wildman–Crippen LogP) is 1.29. The number of fused-ring (bicyclic) bond motifs is 1.